The second-order valence-electron chi connectivity index (χ2n) is 2.11. The normalized spacial score (nSPS) is 10.3. The lowest BCUT2D eigenvalue weighted by Gasteiger charge is -1.98. The van der Waals surface area contributed by atoms with Gasteiger partial charge in [-0.05, 0) is 6.42 Å². The average Bonchev–Trinajstić information content (AvgIpc) is 2.50. The predicted molar refractivity (Wildman–Crippen MR) is 43.5 cm³/mol. The first-order valence-electron chi connectivity index (χ1n) is 3.49. The van der Waals surface area contributed by atoms with E-state index in [2.05, 4.69) is 4.98 Å². The Morgan fingerprint density at radius 2 is 2.55 bits per heavy atom. The Hall–Kier alpha value is -0.450. The molecule has 0 aromatic carbocycles. The fraction of sp³-hybridized carbons (Fsp3) is 0.571. The van der Waals surface area contributed by atoms with Gasteiger partial charge in [0.05, 0.1) is 17.8 Å². The largest absolute Gasteiger partial charge is 0.396 e. The van der Waals surface area contributed by atoms with E-state index in [0.717, 1.165) is 5.69 Å². The van der Waals surface area contributed by atoms with Crippen molar-refractivity contribution >= 4 is 11.3 Å². The van der Waals surface area contributed by atoms with E-state index in [1.54, 1.807) is 16.8 Å². The third-order valence-corrected chi connectivity index (χ3v) is 1.82. The number of rotatable bonds is 5. The van der Waals surface area contributed by atoms with Crippen LogP contribution in [0.25, 0.3) is 0 Å². The summed E-state index contributed by atoms with van der Waals surface area (Å²) in [5, 5.41) is 10.4. The summed E-state index contributed by atoms with van der Waals surface area (Å²) in [6.07, 6.45) is 0.699. The van der Waals surface area contributed by atoms with Crippen LogP contribution in [-0.2, 0) is 11.3 Å². The summed E-state index contributed by atoms with van der Waals surface area (Å²) in [4.78, 5) is 4.04. The van der Waals surface area contributed by atoms with Crippen molar-refractivity contribution < 1.29 is 9.84 Å². The highest BCUT2D eigenvalue weighted by Crippen LogP contribution is 2.02. The van der Waals surface area contributed by atoms with E-state index in [0.29, 0.717) is 19.6 Å². The molecule has 0 amide bonds. The first kappa shape index (κ1) is 8.64. The van der Waals surface area contributed by atoms with E-state index in [1.807, 2.05) is 5.38 Å². The molecule has 1 aromatic rings. The molecule has 0 radical (unpaired) electrons. The molecular weight excluding hydrogens is 162 g/mol. The SMILES string of the molecule is OCCCOCc1cscn1. The molecule has 1 heterocycles. The Morgan fingerprint density at radius 1 is 1.64 bits per heavy atom. The van der Waals surface area contributed by atoms with Crippen LogP contribution in [0.2, 0.25) is 0 Å². The van der Waals surface area contributed by atoms with Crippen molar-refractivity contribution in [1.82, 2.24) is 4.98 Å². The maximum absolute atomic E-state index is 8.43. The van der Waals surface area contributed by atoms with Crippen LogP contribution < -0.4 is 0 Å². The van der Waals surface area contributed by atoms with E-state index in [-0.39, 0.29) is 6.61 Å². The minimum atomic E-state index is 0.192. The third kappa shape index (κ3) is 3.46. The summed E-state index contributed by atoms with van der Waals surface area (Å²) in [6.45, 7) is 1.36. The molecule has 1 aromatic heterocycles. The Balaban J connectivity index is 2.04. The van der Waals surface area contributed by atoms with Crippen LogP contribution in [0, 0.1) is 0 Å². The summed E-state index contributed by atoms with van der Waals surface area (Å²) in [5.41, 5.74) is 2.75. The molecule has 0 atom stereocenters. The molecule has 0 aliphatic carbocycles. The monoisotopic (exact) mass is 173 g/mol. The lowest BCUT2D eigenvalue weighted by atomic mass is 10.5. The number of aliphatic hydroxyl groups excluding tert-OH is 1. The van der Waals surface area contributed by atoms with Crippen LogP contribution in [0.3, 0.4) is 0 Å². The van der Waals surface area contributed by atoms with Crippen molar-refractivity contribution in [3.63, 3.8) is 0 Å². The number of thiazole rings is 1. The molecule has 1 rings (SSSR count). The van der Waals surface area contributed by atoms with Gasteiger partial charge in [-0.3, -0.25) is 0 Å². The second kappa shape index (κ2) is 5.23. The van der Waals surface area contributed by atoms with Crippen molar-refractivity contribution in [2.24, 2.45) is 0 Å². The predicted octanol–water partition coefficient (Wildman–Crippen LogP) is 1.04. The fourth-order valence-electron chi connectivity index (χ4n) is 0.652. The van der Waals surface area contributed by atoms with E-state index in [1.165, 1.54) is 0 Å². The van der Waals surface area contributed by atoms with Gasteiger partial charge in [0.2, 0.25) is 0 Å². The second-order valence-corrected chi connectivity index (χ2v) is 2.83. The molecule has 11 heavy (non-hydrogen) atoms. The van der Waals surface area contributed by atoms with Gasteiger partial charge < -0.3 is 9.84 Å². The molecule has 1 N–H and O–H groups in total. The maximum atomic E-state index is 8.43. The first-order chi connectivity index (χ1) is 5.43. The molecule has 62 valence electrons. The Labute approximate surface area is 69.7 Å². The van der Waals surface area contributed by atoms with Gasteiger partial charge in [-0.2, -0.15) is 0 Å². The van der Waals surface area contributed by atoms with Crippen molar-refractivity contribution in [3.05, 3.63) is 16.6 Å². The van der Waals surface area contributed by atoms with Gasteiger partial charge in [-0.1, -0.05) is 0 Å². The minimum absolute atomic E-state index is 0.192. The van der Waals surface area contributed by atoms with E-state index in [4.69, 9.17) is 9.84 Å². The zero-order valence-corrected chi connectivity index (χ0v) is 7.01. The zero-order valence-electron chi connectivity index (χ0n) is 6.19. The molecule has 0 saturated heterocycles. The molecule has 0 aliphatic heterocycles. The van der Waals surface area contributed by atoms with Crippen molar-refractivity contribution in [2.45, 2.75) is 13.0 Å². The van der Waals surface area contributed by atoms with Crippen LogP contribution in [0.5, 0.6) is 0 Å². The van der Waals surface area contributed by atoms with Gasteiger partial charge in [0.25, 0.3) is 0 Å². The molecule has 0 fully saturated rings. The van der Waals surface area contributed by atoms with Gasteiger partial charge in [0, 0.05) is 18.6 Å². The molecule has 0 bridgehead atoms. The van der Waals surface area contributed by atoms with Crippen LogP contribution in [0.4, 0.5) is 0 Å². The van der Waals surface area contributed by atoms with Crippen LogP contribution in [0.1, 0.15) is 12.1 Å². The topological polar surface area (TPSA) is 42.4 Å². The first-order valence-corrected chi connectivity index (χ1v) is 4.43. The molecule has 0 spiro atoms. The molecular formula is C7H11NO2S. The Kier molecular flexibility index (Phi) is 4.11. The average molecular weight is 173 g/mol. The molecule has 4 heteroatoms. The molecule has 3 nitrogen and oxygen atoms in total. The van der Waals surface area contributed by atoms with E-state index in [9.17, 15) is 0 Å². The standard InChI is InChI=1S/C7H11NO2S/c9-2-1-3-10-4-7-5-11-6-8-7/h5-6,9H,1-4H2. The fourth-order valence-corrected chi connectivity index (χ4v) is 1.20. The number of ether oxygens (including phenoxy) is 1. The zero-order chi connectivity index (χ0) is 7.94. The summed E-state index contributed by atoms with van der Waals surface area (Å²) < 4.78 is 5.20. The number of hydrogen-bond acceptors (Lipinski definition) is 4. The summed E-state index contributed by atoms with van der Waals surface area (Å²) in [7, 11) is 0. The number of aromatic nitrogens is 1. The van der Waals surface area contributed by atoms with E-state index < -0.39 is 0 Å². The van der Waals surface area contributed by atoms with Gasteiger partial charge in [-0.15, -0.1) is 11.3 Å². The van der Waals surface area contributed by atoms with Crippen LogP contribution in [0.15, 0.2) is 10.9 Å². The lowest BCUT2D eigenvalue weighted by molar-refractivity contribution is 0.102. The van der Waals surface area contributed by atoms with Gasteiger partial charge in [0.1, 0.15) is 0 Å². The van der Waals surface area contributed by atoms with Gasteiger partial charge in [0.15, 0.2) is 0 Å². The summed E-state index contributed by atoms with van der Waals surface area (Å²) in [6, 6.07) is 0. The lowest BCUT2D eigenvalue weighted by Crippen LogP contribution is -1.97. The number of nitrogens with zero attached hydrogens (tertiary/aromatic N) is 1. The Bertz CT molecular complexity index is 177. The molecule has 0 saturated carbocycles. The van der Waals surface area contributed by atoms with Crippen molar-refractivity contribution in [3.8, 4) is 0 Å². The smallest absolute Gasteiger partial charge is 0.0896 e. The number of hydrogen-bond donors (Lipinski definition) is 1. The number of aliphatic hydroxyl groups is 1. The van der Waals surface area contributed by atoms with Crippen LogP contribution in [-0.4, -0.2) is 23.3 Å². The summed E-state index contributed by atoms with van der Waals surface area (Å²) >= 11 is 1.56. The Morgan fingerprint density at radius 3 is 3.18 bits per heavy atom. The van der Waals surface area contributed by atoms with Crippen molar-refractivity contribution in [1.29, 1.82) is 0 Å². The van der Waals surface area contributed by atoms with Gasteiger partial charge >= 0.3 is 0 Å². The summed E-state index contributed by atoms with van der Waals surface area (Å²) in [5.74, 6) is 0. The quantitative estimate of drug-likeness (QED) is 0.676. The highest BCUT2D eigenvalue weighted by molar-refractivity contribution is 7.07. The third-order valence-electron chi connectivity index (χ3n) is 1.18. The molecule has 0 aliphatic rings. The van der Waals surface area contributed by atoms with Crippen molar-refractivity contribution in [2.75, 3.05) is 13.2 Å². The highest BCUT2D eigenvalue weighted by Gasteiger charge is 1.93. The van der Waals surface area contributed by atoms with E-state index >= 15 is 0 Å². The molecule has 0 unspecified atom stereocenters. The van der Waals surface area contributed by atoms with Gasteiger partial charge in [-0.25, -0.2) is 4.98 Å². The van der Waals surface area contributed by atoms with Crippen LogP contribution >= 0.6 is 11.3 Å². The highest BCUT2D eigenvalue weighted by atomic mass is 32.1. The maximum Gasteiger partial charge on any atom is 0.0896 e. The minimum Gasteiger partial charge on any atom is -0.396 e.